The van der Waals surface area contributed by atoms with E-state index in [0.717, 1.165) is 44.5 Å². The maximum atomic E-state index is 7.34. The van der Waals surface area contributed by atoms with Crippen LogP contribution in [-0.2, 0) is 0 Å². The van der Waals surface area contributed by atoms with E-state index in [0.29, 0.717) is 17.2 Å². The minimum atomic E-state index is 0.509. The molecule has 0 unspecified atom stereocenters. The highest BCUT2D eigenvalue weighted by molar-refractivity contribution is 6.09. The van der Waals surface area contributed by atoms with Crippen molar-refractivity contribution in [2.45, 2.75) is 0 Å². The molecule has 228 valence electrons. The molecule has 0 amide bonds. The van der Waals surface area contributed by atoms with E-state index < -0.39 is 0 Å². The summed E-state index contributed by atoms with van der Waals surface area (Å²) < 4.78 is 0. The number of nitrogens with zero attached hydrogens (tertiary/aromatic N) is 3. The van der Waals surface area contributed by atoms with Gasteiger partial charge in [-0.25, -0.2) is 14.8 Å². The van der Waals surface area contributed by atoms with Crippen LogP contribution in [0.25, 0.3) is 54.7 Å². The molecule has 6 rings (SSSR count). The number of hydrogen-bond donors (Lipinski definition) is 0. The van der Waals surface area contributed by atoms with Crippen molar-refractivity contribution < 1.29 is 0 Å². The maximum Gasteiger partial charge on any atom is 0.187 e. The summed E-state index contributed by atoms with van der Waals surface area (Å²) in [6, 6.07) is 47.4. The monoisotopic (exact) mass is 615 g/mol. The van der Waals surface area contributed by atoms with Gasteiger partial charge in [-0.05, 0) is 61.3 Å². The van der Waals surface area contributed by atoms with Crippen molar-refractivity contribution in [2.24, 2.45) is 9.98 Å². The number of fused-ring (bicyclic) bond motifs is 1. The van der Waals surface area contributed by atoms with Crippen molar-refractivity contribution in [2.75, 3.05) is 0 Å². The van der Waals surface area contributed by atoms with Crippen LogP contribution >= 0.6 is 0 Å². The number of aliphatic imine (C=N–C) groups is 2. The smallest absolute Gasteiger partial charge is 0.187 e. The van der Waals surface area contributed by atoms with Crippen molar-refractivity contribution in [3.05, 3.63) is 206 Å². The predicted octanol–water partition coefficient (Wildman–Crippen LogP) is 12.2. The second-order valence-corrected chi connectivity index (χ2v) is 11.1. The number of allylic oxidation sites excluding steroid dienone is 2. The molecule has 0 aliphatic carbocycles. The third kappa shape index (κ3) is 6.94. The molecule has 48 heavy (non-hydrogen) atoms. The third-order valence-corrected chi connectivity index (χ3v) is 8.11. The SMILES string of the molecule is [C-]#[N+]c1cccc(-c2ccc(-c3ccc(-c4ccc(C(=C)N=C(N=Cc5ccccc5)/C(C=C)=C/C=C)cc4)c4ccccc34)cc2)c1. The molecular formula is C45H33N3. The average molecular weight is 616 g/mol. The summed E-state index contributed by atoms with van der Waals surface area (Å²) in [4.78, 5) is 13.1. The highest BCUT2D eigenvalue weighted by atomic mass is 14.9. The Balaban J connectivity index is 1.29. The van der Waals surface area contributed by atoms with E-state index in [1.54, 1.807) is 18.4 Å². The summed E-state index contributed by atoms with van der Waals surface area (Å²) in [5.41, 5.74) is 10.6. The van der Waals surface area contributed by atoms with E-state index in [2.05, 4.69) is 115 Å². The van der Waals surface area contributed by atoms with Crippen LogP contribution < -0.4 is 0 Å². The lowest BCUT2D eigenvalue weighted by Gasteiger charge is -2.13. The Morgan fingerprint density at radius 2 is 1.23 bits per heavy atom. The fraction of sp³-hybridized carbons (Fsp3) is 0. The normalized spacial score (nSPS) is 11.7. The molecule has 6 aromatic rings. The quantitative estimate of drug-likeness (QED) is 0.0670. The third-order valence-electron chi connectivity index (χ3n) is 8.11. The molecule has 0 saturated heterocycles. The molecule has 0 spiro atoms. The van der Waals surface area contributed by atoms with E-state index in [9.17, 15) is 0 Å². The highest BCUT2D eigenvalue weighted by Gasteiger charge is 2.11. The molecule has 0 radical (unpaired) electrons. The Hall–Kier alpha value is -6.63. The summed E-state index contributed by atoms with van der Waals surface area (Å²) >= 11 is 0. The summed E-state index contributed by atoms with van der Waals surface area (Å²) in [6.07, 6.45) is 7.04. The second kappa shape index (κ2) is 14.6. The van der Waals surface area contributed by atoms with Gasteiger partial charge < -0.3 is 0 Å². The fourth-order valence-electron chi connectivity index (χ4n) is 5.64. The molecule has 0 fully saturated rings. The van der Waals surface area contributed by atoms with Crippen LogP contribution in [0.4, 0.5) is 5.69 Å². The van der Waals surface area contributed by atoms with Crippen LogP contribution in [0.1, 0.15) is 11.1 Å². The van der Waals surface area contributed by atoms with Crippen molar-refractivity contribution in [3.8, 4) is 33.4 Å². The Labute approximate surface area is 282 Å². The molecular weight excluding hydrogens is 583 g/mol. The second-order valence-electron chi connectivity index (χ2n) is 11.1. The van der Waals surface area contributed by atoms with Gasteiger partial charge in [0.1, 0.15) is 0 Å². The van der Waals surface area contributed by atoms with E-state index in [1.807, 2.05) is 60.7 Å². The summed E-state index contributed by atoms with van der Waals surface area (Å²) in [6.45, 7) is 19.4. The van der Waals surface area contributed by atoms with E-state index in [4.69, 9.17) is 11.6 Å². The molecule has 0 saturated carbocycles. The summed E-state index contributed by atoms with van der Waals surface area (Å²) in [5.74, 6) is 0.509. The van der Waals surface area contributed by atoms with Crippen LogP contribution in [0.2, 0.25) is 0 Å². The van der Waals surface area contributed by atoms with Gasteiger partial charge in [0.25, 0.3) is 0 Å². The van der Waals surface area contributed by atoms with E-state index >= 15 is 0 Å². The van der Waals surface area contributed by atoms with Gasteiger partial charge in [0, 0.05) is 11.8 Å². The molecule has 0 atom stereocenters. The topological polar surface area (TPSA) is 29.1 Å². The zero-order valence-electron chi connectivity index (χ0n) is 26.6. The molecule has 3 nitrogen and oxygen atoms in total. The molecule has 6 aromatic carbocycles. The standard InChI is InChI=1S/C45H33N3/c1-5-13-34(6-2)45(47-31-33-14-8-7-9-15-33)48-32(3)35-20-24-37(25-21-35)41-28-29-42(44-19-11-10-18-43(41)44)38-26-22-36(23-27-38)39-16-12-17-40(30-39)46-4/h5-31H,1-3H2/b34-13+,47-31?,48-45?. The zero-order chi connectivity index (χ0) is 33.3. The summed E-state index contributed by atoms with van der Waals surface area (Å²) in [5, 5.41) is 2.36. The maximum absolute atomic E-state index is 7.34. The van der Waals surface area contributed by atoms with Gasteiger partial charge in [-0.15, -0.1) is 0 Å². The Bertz CT molecular complexity index is 2260. The lowest BCUT2D eigenvalue weighted by Crippen LogP contribution is -1.99. The molecule has 0 aromatic heterocycles. The van der Waals surface area contributed by atoms with Crippen LogP contribution in [0, 0.1) is 6.57 Å². The van der Waals surface area contributed by atoms with Crippen LogP contribution in [0.15, 0.2) is 193 Å². The van der Waals surface area contributed by atoms with Crippen LogP contribution in [-0.4, -0.2) is 12.1 Å². The van der Waals surface area contributed by atoms with Gasteiger partial charge in [-0.3, -0.25) is 0 Å². The lowest BCUT2D eigenvalue weighted by atomic mass is 9.91. The first-order valence-electron chi connectivity index (χ1n) is 15.6. The first-order valence-corrected chi connectivity index (χ1v) is 15.6. The molecule has 0 heterocycles. The number of amidine groups is 1. The Morgan fingerprint density at radius 1 is 0.625 bits per heavy atom. The average Bonchev–Trinajstić information content (AvgIpc) is 3.15. The number of benzene rings is 6. The minimum Gasteiger partial charge on any atom is -0.238 e. The van der Waals surface area contributed by atoms with E-state index in [-0.39, 0.29) is 0 Å². The first kappa shape index (κ1) is 31.4. The van der Waals surface area contributed by atoms with Gasteiger partial charge in [-0.2, -0.15) is 0 Å². The molecule has 0 aliphatic heterocycles. The predicted molar refractivity (Wildman–Crippen MR) is 205 cm³/mol. The molecule has 0 aliphatic rings. The Morgan fingerprint density at radius 3 is 1.83 bits per heavy atom. The van der Waals surface area contributed by atoms with Crippen molar-refractivity contribution in [1.29, 1.82) is 0 Å². The van der Waals surface area contributed by atoms with Crippen LogP contribution in [0.3, 0.4) is 0 Å². The largest absolute Gasteiger partial charge is 0.238 e. The Kier molecular flexibility index (Phi) is 9.57. The molecule has 3 heteroatoms. The lowest BCUT2D eigenvalue weighted by molar-refractivity contribution is 1.46. The number of hydrogen-bond acceptors (Lipinski definition) is 1. The van der Waals surface area contributed by atoms with E-state index in [1.165, 1.54) is 16.3 Å². The molecule has 0 bridgehead atoms. The van der Waals surface area contributed by atoms with Crippen molar-refractivity contribution in [1.82, 2.24) is 0 Å². The first-order chi connectivity index (χ1) is 23.6. The van der Waals surface area contributed by atoms with Crippen LogP contribution in [0.5, 0.6) is 0 Å². The van der Waals surface area contributed by atoms with Gasteiger partial charge in [0.15, 0.2) is 11.5 Å². The van der Waals surface area contributed by atoms with Gasteiger partial charge >= 0.3 is 0 Å². The fourth-order valence-corrected chi connectivity index (χ4v) is 5.64. The van der Waals surface area contributed by atoms with Gasteiger partial charge in [0.2, 0.25) is 0 Å². The summed E-state index contributed by atoms with van der Waals surface area (Å²) in [7, 11) is 0. The van der Waals surface area contributed by atoms with Crippen molar-refractivity contribution >= 4 is 34.2 Å². The van der Waals surface area contributed by atoms with Gasteiger partial charge in [0.05, 0.1) is 12.3 Å². The number of rotatable bonds is 9. The van der Waals surface area contributed by atoms with Gasteiger partial charge in [-0.1, -0.05) is 171 Å². The molecule has 0 N–H and O–H groups in total. The zero-order valence-corrected chi connectivity index (χ0v) is 26.6. The highest BCUT2D eigenvalue weighted by Crippen LogP contribution is 2.37. The minimum absolute atomic E-state index is 0.509. The van der Waals surface area contributed by atoms with Crippen molar-refractivity contribution in [3.63, 3.8) is 0 Å².